The Bertz CT molecular complexity index is 613. The number of imidazole rings is 1. The molecular formula is C19H28N4O. The van der Waals surface area contributed by atoms with Crippen molar-refractivity contribution in [2.45, 2.75) is 26.1 Å². The maximum Gasteiger partial charge on any atom is 0.123 e. The van der Waals surface area contributed by atoms with Crippen molar-refractivity contribution in [3.63, 3.8) is 0 Å². The zero-order valence-corrected chi connectivity index (χ0v) is 14.8. The van der Waals surface area contributed by atoms with Gasteiger partial charge in [-0.25, -0.2) is 4.98 Å². The molecule has 0 saturated carbocycles. The molecule has 3 rings (SSSR count). The van der Waals surface area contributed by atoms with E-state index in [1.165, 1.54) is 5.56 Å². The van der Waals surface area contributed by atoms with E-state index in [1.807, 2.05) is 6.20 Å². The topological polar surface area (TPSA) is 33.5 Å². The van der Waals surface area contributed by atoms with Gasteiger partial charge in [-0.1, -0.05) is 30.3 Å². The van der Waals surface area contributed by atoms with Gasteiger partial charge >= 0.3 is 0 Å². The fraction of sp³-hybridized carbons (Fsp3) is 0.526. The molecule has 2 heterocycles. The van der Waals surface area contributed by atoms with Crippen molar-refractivity contribution in [1.29, 1.82) is 0 Å². The first-order valence-electron chi connectivity index (χ1n) is 8.75. The number of methoxy groups -OCH3 is 1. The van der Waals surface area contributed by atoms with Crippen molar-refractivity contribution in [2.24, 2.45) is 0 Å². The number of nitrogens with zero attached hydrogens (tertiary/aromatic N) is 4. The third-order valence-corrected chi connectivity index (χ3v) is 4.79. The Balaban J connectivity index is 1.57. The van der Waals surface area contributed by atoms with Crippen LogP contribution < -0.4 is 0 Å². The lowest BCUT2D eigenvalue weighted by atomic mass is 10.2. The summed E-state index contributed by atoms with van der Waals surface area (Å²) >= 11 is 0. The first kappa shape index (κ1) is 17.1. The van der Waals surface area contributed by atoms with Gasteiger partial charge in [-0.2, -0.15) is 0 Å². The van der Waals surface area contributed by atoms with Crippen LogP contribution in [0, 0.1) is 0 Å². The second-order valence-electron chi connectivity index (χ2n) is 6.57. The van der Waals surface area contributed by atoms with E-state index in [-0.39, 0.29) is 0 Å². The first-order chi connectivity index (χ1) is 11.8. The van der Waals surface area contributed by atoms with E-state index in [4.69, 9.17) is 4.74 Å². The molecule has 0 N–H and O–H groups in total. The summed E-state index contributed by atoms with van der Waals surface area (Å²) in [4.78, 5) is 9.61. The van der Waals surface area contributed by atoms with Gasteiger partial charge in [0, 0.05) is 58.3 Å². The summed E-state index contributed by atoms with van der Waals surface area (Å²) in [5.74, 6) is 1.15. The average Bonchev–Trinajstić information content (AvgIpc) is 3.02. The standard InChI is InChI=1S/C19H28N4O/c1-17-14-21(10-11-22(17)12-13-24-2)16-19-20-8-9-23(19)15-18-6-4-3-5-7-18/h3-9,17H,10-16H2,1-2H3. The van der Waals surface area contributed by atoms with E-state index in [0.29, 0.717) is 6.04 Å². The Morgan fingerprint density at radius 2 is 2.00 bits per heavy atom. The van der Waals surface area contributed by atoms with Crippen molar-refractivity contribution < 1.29 is 4.74 Å². The van der Waals surface area contributed by atoms with Gasteiger partial charge in [0.15, 0.2) is 0 Å². The minimum absolute atomic E-state index is 0.562. The van der Waals surface area contributed by atoms with E-state index >= 15 is 0 Å². The lowest BCUT2D eigenvalue weighted by Crippen LogP contribution is -2.52. The highest BCUT2D eigenvalue weighted by Gasteiger charge is 2.24. The van der Waals surface area contributed by atoms with Gasteiger partial charge in [0.2, 0.25) is 0 Å². The smallest absolute Gasteiger partial charge is 0.123 e. The molecule has 1 fully saturated rings. The predicted molar refractivity (Wildman–Crippen MR) is 96.0 cm³/mol. The number of rotatable bonds is 7. The van der Waals surface area contributed by atoms with Crippen LogP contribution in [0.4, 0.5) is 0 Å². The summed E-state index contributed by atoms with van der Waals surface area (Å²) in [5.41, 5.74) is 1.31. The number of benzene rings is 1. The second-order valence-corrected chi connectivity index (χ2v) is 6.57. The summed E-state index contributed by atoms with van der Waals surface area (Å²) in [6.07, 6.45) is 4.00. The maximum atomic E-state index is 5.21. The van der Waals surface area contributed by atoms with Gasteiger partial charge in [-0.15, -0.1) is 0 Å². The predicted octanol–water partition coefficient (Wildman–Crippen LogP) is 2.08. The van der Waals surface area contributed by atoms with Crippen molar-refractivity contribution in [3.05, 3.63) is 54.1 Å². The van der Waals surface area contributed by atoms with Crippen molar-refractivity contribution in [3.8, 4) is 0 Å². The molecule has 5 heteroatoms. The Hall–Kier alpha value is -1.69. The normalized spacial score (nSPS) is 19.7. The molecule has 24 heavy (non-hydrogen) atoms. The van der Waals surface area contributed by atoms with Crippen LogP contribution in [-0.2, 0) is 17.8 Å². The summed E-state index contributed by atoms with van der Waals surface area (Å²) in [6, 6.07) is 11.1. The largest absolute Gasteiger partial charge is 0.383 e. The quantitative estimate of drug-likeness (QED) is 0.779. The molecule has 2 aromatic rings. The van der Waals surface area contributed by atoms with Crippen LogP contribution in [0.5, 0.6) is 0 Å². The van der Waals surface area contributed by atoms with Crippen LogP contribution in [0.3, 0.4) is 0 Å². The fourth-order valence-electron chi connectivity index (χ4n) is 3.37. The zero-order chi connectivity index (χ0) is 16.8. The van der Waals surface area contributed by atoms with E-state index in [0.717, 1.165) is 51.7 Å². The minimum atomic E-state index is 0.562. The second kappa shape index (κ2) is 8.42. The molecule has 5 nitrogen and oxygen atoms in total. The lowest BCUT2D eigenvalue weighted by Gasteiger charge is -2.39. The van der Waals surface area contributed by atoms with Crippen LogP contribution in [0.25, 0.3) is 0 Å². The Labute approximate surface area is 144 Å². The molecule has 130 valence electrons. The zero-order valence-electron chi connectivity index (χ0n) is 14.8. The molecule has 0 aliphatic carbocycles. The first-order valence-corrected chi connectivity index (χ1v) is 8.75. The summed E-state index contributed by atoms with van der Waals surface area (Å²) in [6.45, 7) is 9.22. The highest BCUT2D eigenvalue weighted by molar-refractivity contribution is 5.15. The molecule has 1 atom stereocenters. The molecule has 0 spiro atoms. The number of ether oxygens (including phenoxy) is 1. The van der Waals surface area contributed by atoms with Gasteiger partial charge in [0.05, 0.1) is 13.2 Å². The van der Waals surface area contributed by atoms with Crippen LogP contribution in [0.15, 0.2) is 42.7 Å². The summed E-state index contributed by atoms with van der Waals surface area (Å²) in [7, 11) is 1.77. The Kier molecular flexibility index (Phi) is 6.01. The summed E-state index contributed by atoms with van der Waals surface area (Å²) in [5, 5.41) is 0. The number of hydrogen-bond acceptors (Lipinski definition) is 4. The van der Waals surface area contributed by atoms with E-state index in [2.05, 4.69) is 62.8 Å². The monoisotopic (exact) mass is 328 g/mol. The van der Waals surface area contributed by atoms with Crippen molar-refractivity contribution >= 4 is 0 Å². The van der Waals surface area contributed by atoms with E-state index < -0.39 is 0 Å². The Morgan fingerprint density at radius 3 is 2.75 bits per heavy atom. The van der Waals surface area contributed by atoms with E-state index in [9.17, 15) is 0 Å². The lowest BCUT2D eigenvalue weighted by molar-refractivity contribution is 0.0542. The SMILES string of the molecule is COCCN1CCN(Cc2nccn2Cc2ccccc2)CC1C. The highest BCUT2D eigenvalue weighted by atomic mass is 16.5. The maximum absolute atomic E-state index is 5.21. The van der Waals surface area contributed by atoms with Gasteiger partial charge in [0.1, 0.15) is 5.82 Å². The van der Waals surface area contributed by atoms with Crippen molar-refractivity contribution in [1.82, 2.24) is 19.4 Å². The van der Waals surface area contributed by atoms with Crippen LogP contribution in [0.2, 0.25) is 0 Å². The fourth-order valence-corrected chi connectivity index (χ4v) is 3.37. The molecular weight excluding hydrogens is 300 g/mol. The average molecular weight is 328 g/mol. The molecule has 1 aliphatic heterocycles. The van der Waals surface area contributed by atoms with Crippen LogP contribution in [0.1, 0.15) is 18.3 Å². The number of hydrogen-bond donors (Lipinski definition) is 0. The van der Waals surface area contributed by atoms with Crippen molar-refractivity contribution in [2.75, 3.05) is 39.9 Å². The summed E-state index contributed by atoms with van der Waals surface area (Å²) < 4.78 is 7.47. The van der Waals surface area contributed by atoms with Crippen LogP contribution in [-0.4, -0.2) is 65.3 Å². The van der Waals surface area contributed by atoms with E-state index in [1.54, 1.807) is 7.11 Å². The molecule has 1 aliphatic rings. The Morgan fingerprint density at radius 1 is 1.17 bits per heavy atom. The van der Waals surface area contributed by atoms with Gasteiger partial charge in [-0.3, -0.25) is 9.80 Å². The third kappa shape index (κ3) is 4.44. The molecule has 0 radical (unpaired) electrons. The minimum Gasteiger partial charge on any atom is -0.383 e. The molecule has 0 amide bonds. The van der Waals surface area contributed by atoms with Gasteiger partial charge in [0.25, 0.3) is 0 Å². The molecule has 1 aromatic heterocycles. The number of aromatic nitrogens is 2. The van der Waals surface area contributed by atoms with Gasteiger partial charge < -0.3 is 9.30 Å². The molecule has 1 aromatic carbocycles. The highest BCUT2D eigenvalue weighted by Crippen LogP contribution is 2.13. The third-order valence-electron chi connectivity index (χ3n) is 4.79. The van der Waals surface area contributed by atoms with Gasteiger partial charge in [-0.05, 0) is 12.5 Å². The molecule has 0 bridgehead atoms. The number of piperazine rings is 1. The molecule has 1 unspecified atom stereocenters. The molecule has 1 saturated heterocycles. The van der Waals surface area contributed by atoms with Crippen LogP contribution >= 0.6 is 0 Å².